The molecule has 4 aromatic rings. The number of nitrogens with one attached hydrogen (secondary N) is 1. The predicted octanol–water partition coefficient (Wildman–Crippen LogP) is 3.84. The molecule has 0 aliphatic carbocycles. The normalized spacial score (nSPS) is 10.8. The van der Waals surface area contributed by atoms with E-state index in [4.69, 9.17) is 0 Å². The van der Waals surface area contributed by atoms with E-state index in [1.54, 1.807) is 16.6 Å². The monoisotopic (exact) mass is 361 g/mol. The summed E-state index contributed by atoms with van der Waals surface area (Å²) in [6, 6.07) is 18.8. The van der Waals surface area contributed by atoms with Crippen LogP contribution < -0.4 is 5.32 Å². The van der Waals surface area contributed by atoms with Crippen LogP contribution in [0, 0.1) is 6.92 Å². The SMILES string of the molecule is Cc1cc(Sc2ccccc2NC(=O)c2ccccc2)n2ncnc2n1. The summed E-state index contributed by atoms with van der Waals surface area (Å²) in [4.78, 5) is 21.9. The van der Waals surface area contributed by atoms with Crippen molar-refractivity contribution in [3.63, 3.8) is 0 Å². The Morgan fingerprint density at radius 2 is 1.85 bits per heavy atom. The molecule has 2 aromatic carbocycles. The number of fused-ring (bicyclic) bond motifs is 1. The number of benzene rings is 2. The molecule has 2 heterocycles. The summed E-state index contributed by atoms with van der Waals surface area (Å²) < 4.78 is 1.69. The number of carbonyl (C=O) groups is 1. The van der Waals surface area contributed by atoms with Crippen LogP contribution in [-0.4, -0.2) is 25.5 Å². The molecule has 0 aliphatic rings. The highest BCUT2D eigenvalue weighted by atomic mass is 32.2. The van der Waals surface area contributed by atoms with Crippen LogP contribution in [0.4, 0.5) is 5.69 Å². The Morgan fingerprint density at radius 1 is 1.08 bits per heavy atom. The number of hydrogen-bond acceptors (Lipinski definition) is 5. The van der Waals surface area contributed by atoms with Crippen molar-refractivity contribution >= 4 is 29.1 Å². The van der Waals surface area contributed by atoms with Crippen LogP contribution in [0.5, 0.6) is 0 Å². The van der Waals surface area contributed by atoms with Crippen LogP contribution in [0.25, 0.3) is 5.78 Å². The van der Waals surface area contributed by atoms with Gasteiger partial charge in [0.2, 0.25) is 0 Å². The molecule has 1 N–H and O–H groups in total. The van der Waals surface area contributed by atoms with Crippen molar-refractivity contribution in [2.24, 2.45) is 0 Å². The molecule has 0 saturated carbocycles. The van der Waals surface area contributed by atoms with Gasteiger partial charge in [-0.1, -0.05) is 42.1 Å². The first-order chi connectivity index (χ1) is 12.7. The zero-order chi connectivity index (χ0) is 17.9. The number of rotatable bonds is 4. The number of para-hydroxylation sites is 1. The van der Waals surface area contributed by atoms with Crippen molar-refractivity contribution in [2.45, 2.75) is 16.8 Å². The Hall–Kier alpha value is -3.19. The lowest BCUT2D eigenvalue weighted by Crippen LogP contribution is -2.12. The van der Waals surface area contributed by atoms with Crippen LogP contribution in [0.2, 0.25) is 0 Å². The van der Waals surface area contributed by atoms with Gasteiger partial charge in [0.15, 0.2) is 0 Å². The fourth-order valence-electron chi connectivity index (χ4n) is 2.53. The first-order valence-corrected chi connectivity index (χ1v) is 8.83. The van der Waals surface area contributed by atoms with Crippen molar-refractivity contribution in [1.29, 1.82) is 0 Å². The Kier molecular flexibility index (Phi) is 4.37. The lowest BCUT2D eigenvalue weighted by molar-refractivity contribution is 0.102. The third kappa shape index (κ3) is 3.29. The molecule has 26 heavy (non-hydrogen) atoms. The summed E-state index contributed by atoms with van der Waals surface area (Å²) in [5, 5.41) is 8.09. The Balaban J connectivity index is 1.66. The second-order valence-corrected chi connectivity index (χ2v) is 6.69. The van der Waals surface area contributed by atoms with Crippen molar-refractivity contribution in [3.8, 4) is 0 Å². The number of nitrogens with zero attached hydrogens (tertiary/aromatic N) is 4. The Bertz CT molecular complexity index is 1080. The van der Waals surface area contributed by atoms with Crippen LogP contribution in [0.1, 0.15) is 16.1 Å². The molecule has 0 bridgehead atoms. The third-order valence-electron chi connectivity index (χ3n) is 3.73. The van der Waals surface area contributed by atoms with Crippen LogP contribution in [0.15, 0.2) is 76.9 Å². The molecule has 0 fully saturated rings. The molecular formula is C19H15N5OS. The van der Waals surface area contributed by atoms with Gasteiger partial charge in [-0.3, -0.25) is 4.79 Å². The lowest BCUT2D eigenvalue weighted by Gasteiger charge is -2.11. The van der Waals surface area contributed by atoms with E-state index in [2.05, 4.69) is 20.4 Å². The molecule has 4 rings (SSSR count). The topological polar surface area (TPSA) is 72.2 Å². The third-order valence-corrected chi connectivity index (χ3v) is 4.81. The maximum absolute atomic E-state index is 12.5. The average molecular weight is 361 g/mol. The van der Waals surface area contributed by atoms with Crippen molar-refractivity contribution < 1.29 is 4.79 Å². The van der Waals surface area contributed by atoms with E-state index in [9.17, 15) is 4.79 Å². The fraction of sp³-hybridized carbons (Fsp3) is 0.0526. The maximum atomic E-state index is 12.5. The number of carbonyl (C=O) groups excluding carboxylic acids is 1. The van der Waals surface area contributed by atoms with E-state index < -0.39 is 0 Å². The quantitative estimate of drug-likeness (QED) is 0.559. The highest BCUT2D eigenvalue weighted by Gasteiger charge is 2.12. The standard InChI is InChI=1S/C19H15N5OS/c1-13-11-17(24-19(22-13)20-12-21-24)26-16-10-6-5-9-15(16)23-18(25)14-7-3-2-4-8-14/h2-12H,1H3,(H,23,25). The molecule has 0 aliphatic heterocycles. The smallest absolute Gasteiger partial charge is 0.255 e. The minimum Gasteiger partial charge on any atom is -0.321 e. The van der Waals surface area contributed by atoms with Gasteiger partial charge >= 0.3 is 0 Å². The van der Waals surface area contributed by atoms with Crippen molar-refractivity contribution in [1.82, 2.24) is 19.6 Å². The lowest BCUT2D eigenvalue weighted by atomic mass is 10.2. The molecular weight excluding hydrogens is 346 g/mol. The van der Waals surface area contributed by atoms with E-state index in [1.165, 1.54) is 18.1 Å². The van der Waals surface area contributed by atoms with Gasteiger partial charge in [0, 0.05) is 16.2 Å². The number of amides is 1. The molecule has 0 atom stereocenters. The number of anilines is 1. The first-order valence-electron chi connectivity index (χ1n) is 8.01. The first kappa shape index (κ1) is 16.3. The minimum absolute atomic E-state index is 0.143. The zero-order valence-electron chi connectivity index (χ0n) is 14.0. The predicted molar refractivity (Wildman–Crippen MR) is 100 cm³/mol. The molecule has 7 heteroatoms. The second-order valence-electron chi connectivity index (χ2n) is 5.63. The van der Waals surface area contributed by atoms with Gasteiger partial charge in [0.25, 0.3) is 11.7 Å². The van der Waals surface area contributed by atoms with E-state index in [0.717, 1.165) is 21.3 Å². The number of hydrogen-bond donors (Lipinski definition) is 1. The summed E-state index contributed by atoms with van der Waals surface area (Å²) in [7, 11) is 0. The fourth-order valence-corrected chi connectivity index (χ4v) is 3.57. The van der Waals surface area contributed by atoms with Gasteiger partial charge in [-0.05, 0) is 37.3 Å². The van der Waals surface area contributed by atoms with Gasteiger partial charge in [-0.15, -0.1) is 0 Å². The molecule has 6 nitrogen and oxygen atoms in total. The highest BCUT2D eigenvalue weighted by molar-refractivity contribution is 7.99. The minimum atomic E-state index is -0.143. The molecule has 0 unspecified atom stereocenters. The number of aryl methyl sites for hydroxylation is 1. The number of aromatic nitrogens is 4. The summed E-state index contributed by atoms with van der Waals surface area (Å²) in [6.45, 7) is 1.92. The second kappa shape index (κ2) is 6.97. The van der Waals surface area contributed by atoms with E-state index >= 15 is 0 Å². The van der Waals surface area contributed by atoms with Crippen molar-refractivity contribution in [3.05, 3.63) is 78.2 Å². The highest BCUT2D eigenvalue weighted by Crippen LogP contribution is 2.33. The summed E-state index contributed by atoms with van der Waals surface area (Å²) in [6.07, 6.45) is 1.48. The summed E-state index contributed by atoms with van der Waals surface area (Å²) in [5.41, 5.74) is 2.22. The molecule has 0 radical (unpaired) electrons. The van der Waals surface area contributed by atoms with Crippen LogP contribution in [-0.2, 0) is 0 Å². The average Bonchev–Trinajstić information content (AvgIpc) is 3.12. The Labute approximate surface area is 154 Å². The van der Waals surface area contributed by atoms with Gasteiger partial charge in [0.1, 0.15) is 11.4 Å². The molecule has 128 valence electrons. The molecule has 0 spiro atoms. The Morgan fingerprint density at radius 3 is 2.69 bits per heavy atom. The molecule has 1 amide bonds. The van der Waals surface area contributed by atoms with Crippen LogP contribution >= 0.6 is 11.8 Å². The van der Waals surface area contributed by atoms with E-state index in [0.29, 0.717) is 11.3 Å². The zero-order valence-corrected chi connectivity index (χ0v) is 14.8. The summed E-state index contributed by atoms with van der Waals surface area (Å²) >= 11 is 1.51. The largest absolute Gasteiger partial charge is 0.321 e. The van der Waals surface area contributed by atoms with E-state index in [1.807, 2.05) is 55.5 Å². The summed E-state index contributed by atoms with van der Waals surface area (Å²) in [5.74, 6) is 0.411. The van der Waals surface area contributed by atoms with Gasteiger partial charge in [-0.25, -0.2) is 4.98 Å². The van der Waals surface area contributed by atoms with Crippen molar-refractivity contribution in [2.75, 3.05) is 5.32 Å². The molecule has 0 saturated heterocycles. The maximum Gasteiger partial charge on any atom is 0.255 e. The van der Waals surface area contributed by atoms with Gasteiger partial charge in [0.05, 0.1) is 5.69 Å². The van der Waals surface area contributed by atoms with Crippen LogP contribution in [0.3, 0.4) is 0 Å². The molecule has 2 aromatic heterocycles. The van der Waals surface area contributed by atoms with Gasteiger partial charge in [-0.2, -0.15) is 14.6 Å². The van der Waals surface area contributed by atoms with E-state index in [-0.39, 0.29) is 5.91 Å². The van der Waals surface area contributed by atoms with Gasteiger partial charge < -0.3 is 5.32 Å².